The summed E-state index contributed by atoms with van der Waals surface area (Å²) in [6, 6.07) is 1.80. The van der Waals surface area contributed by atoms with Gasteiger partial charge in [-0.3, -0.25) is 0 Å². The highest BCUT2D eigenvalue weighted by atomic mass is 35.5. The van der Waals surface area contributed by atoms with Gasteiger partial charge in [0.05, 0.1) is 18.6 Å². The van der Waals surface area contributed by atoms with E-state index in [1.165, 1.54) is 70.6 Å². The van der Waals surface area contributed by atoms with Crippen molar-refractivity contribution in [3.8, 4) is 12.3 Å². The van der Waals surface area contributed by atoms with E-state index in [1.807, 2.05) is 10.8 Å². The molecule has 2 atom stereocenters. The minimum Gasteiger partial charge on any atom is -0.450 e. The Kier molecular flexibility index (Phi) is 19.7. The van der Waals surface area contributed by atoms with Crippen LogP contribution in [-0.2, 0) is 18.9 Å². The first-order chi connectivity index (χ1) is 22.7. The lowest BCUT2D eigenvalue weighted by molar-refractivity contribution is -0.0730. The number of ether oxygens (including phenoxy) is 4. The molecule has 1 fully saturated rings. The smallest absolute Gasteiger partial charge is 0.450 e. The Morgan fingerprint density at radius 1 is 0.957 bits per heavy atom. The number of fused-ring (bicyclic) bond motifs is 1. The normalized spacial score (nSPS) is 17.1. The van der Waals surface area contributed by atoms with E-state index in [0.717, 1.165) is 32.1 Å². The number of hydrogen-bond acceptors (Lipinski definition) is 9. The van der Waals surface area contributed by atoms with Crippen LogP contribution in [0.4, 0.5) is 15.4 Å². The molecular weight excluding hydrogens is 624 g/mol. The molecule has 0 radical (unpaired) electrons. The predicted molar refractivity (Wildman–Crippen MR) is 184 cm³/mol. The van der Waals surface area contributed by atoms with Gasteiger partial charge >= 0.3 is 12.3 Å². The van der Waals surface area contributed by atoms with Crippen molar-refractivity contribution in [1.82, 2.24) is 14.5 Å². The number of carbonyl (C=O) groups excluding carboxylic acids is 1. The van der Waals surface area contributed by atoms with Crippen molar-refractivity contribution in [2.75, 3.05) is 25.6 Å². The van der Waals surface area contributed by atoms with Crippen molar-refractivity contribution in [3.63, 3.8) is 0 Å². The minimum absolute atomic E-state index is 0.0590. The van der Waals surface area contributed by atoms with Crippen LogP contribution in [0.1, 0.15) is 136 Å². The monoisotopic (exact) mass is 678 g/mol. The maximum Gasteiger partial charge on any atom is 0.508 e. The number of carboxylic acid groups (broad SMARTS) is 1. The SMILES string of the molecule is C#CC1(COC(=O)OCCCCCCCCCC)CC[C@H](n2ccc3c(N)nc(Cl)nc32)O1.CCCCCCCCCCOC(=O)O. The molecule has 1 aliphatic rings. The highest BCUT2D eigenvalue weighted by Crippen LogP contribution is 2.38. The summed E-state index contributed by atoms with van der Waals surface area (Å²) in [7, 11) is 0. The highest BCUT2D eigenvalue weighted by Gasteiger charge is 2.41. The molecule has 2 aromatic heterocycles. The van der Waals surface area contributed by atoms with Gasteiger partial charge in [-0.25, -0.2) is 14.6 Å². The lowest BCUT2D eigenvalue weighted by atomic mass is 10.0. The second-order valence-corrected chi connectivity index (χ2v) is 12.4. The molecule has 11 nitrogen and oxygen atoms in total. The Labute approximate surface area is 285 Å². The van der Waals surface area contributed by atoms with Gasteiger partial charge in [0.2, 0.25) is 5.28 Å². The van der Waals surface area contributed by atoms with Crippen LogP contribution in [0.5, 0.6) is 0 Å². The number of aromatic nitrogens is 3. The summed E-state index contributed by atoms with van der Waals surface area (Å²) >= 11 is 5.96. The van der Waals surface area contributed by atoms with E-state index in [0.29, 0.717) is 42.9 Å². The second kappa shape index (κ2) is 23.2. The van der Waals surface area contributed by atoms with Crippen molar-refractivity contribution in [2.24, 2.45) is 0 Å². The lowest BCUT2D eigenvalue weighted by Crippen LogP contribution is -2.34. The van der Waals surface area contributed by atoms with Crippen molar-refractivity contribution in [1.29, 1.82) is 0 Å². The number of terminal acetylenes is 1. The average Bonchev–Trinajstić information content (AvgIpc) is 3.67. The second-order valence-electron chi connectivity index (χ2n) is 12.0. The molecule has 1 saturated heterocycles. The van der Waals surface area contributed by atoms with Crippen molar-refractivity contribution in [2.45, 2.75) is 141 Å². The van der Waals surface area contributed by atoms with E-state index in [1.54, 1.807) is 6.07 Å². The number of halogens is 1. The average molecular weight is 679 g/mol. The number of carbonyl (C=O) groups is 2. The van der Waals surface area contributed by atoms with E-state index in [9.17, 15) is 9.59 Å². The van der Waals surface area contributed by atoms with Gasteiger partial charge in [-0.05, 0) is 43.4 Å². The topological polar surface area (TPSA) is 148 Å². The molecule has 3 N–H and O–H groups in total. The fourth-order valence-electron chi connectivity index (χ4n) is 5.45. The molecule has 2 aromatic rings. The summed E-state index contributed by atoms with van der Waals surface area (Å²) in [6.07, 6.45) is 25.5. The minimum atomic E-state index is -1.16. The molecule has 12 heteroatoms. The van der Waals surface area contributed by atoms with Gasteiger partial charge < -0.3 is 34.4 Å². The van der Waals surface area contributed by atoms with Gasteiger partial charge in [-0.1, -0.05) is 110 Å². The van der Waals surface area contributed by atoms with Crippen molar-refractivity contribution < 1.29 is 33.6 Å². The van der Waals surface area contributed by atoms with Crippen LogP contribution in [-0.4, -0.2) is 57.4 Å². The molecule has 264 valence electrons. The van der Waals surface area contributed by atoms with Gasteiger partial charge in [0.25, 0.3) is 0 Å². The zero-order valence-corrected chi connectivity index (χ0v) is 29.1. The Morgan fingerprint density at radius 2 is 1.51 bits per heavy atom. The largest absolute Gasteiger partial charge is 0.508 e. The summed E-state index contributed by atoms with van der Waals surface area (Å²) in [6.45, 7) is 5.05. The maximum absolute atomic E-state index is 12.0. The number of nitrogens with zero attached hydrogens (tertiary/aromatic N) is 3. The standard InChI is InChI=1S/C24H33ClN4O4.C11H22O3/c1-3-5-6-7-8-9-10-11-16-31-23(30)32-17-24(4-2)14-12-19(33-24)29-15-13-18-20(26)27-22(25)28-21(18)29;1-2-3-4-5-6-7-8-9-10-14-11(12)13/h2,13,15,19H,3,5-12,14,16-17H2,1H3,(H2,26,27,28);2-10H2,1H3,(H,12,13)/t19-,24?;/m1./s1. The van der Waals surface area contributed by atoms with E-state index >= 15 is 0 Å². The highest BCUT2D eigenvalue weighted by molar-refractivity contribution is 6.28. The van der Waals surface area contributed by atoms with Crippen LogP contribution in [0.15, 0.2) is 12.3 Å². The number of unbranched alkanes of at least 4 members (excludes halogenated alkanes) is 14. The fourth-order valence-corrected chi connectivity index (χ4v) is 5.62. The molecule has 0 spiro atoms. The van der Waals surface area contributed by atoms with E-state index in [2.05, 4.69) is 34.5 Å². The molecule has 47 heavy (non-hydrogen) atoms. The molecule has 0 saturated carbocycles. The number of hydrogen-bond donors (Lipinski definition) is 2. The van der Waals surface area contributed by atoms with Crippen LogP contribution in [0, 0.1) is 12.3 Å². The Hall–Kier alpha value is -3.23. The third kappa shape index (κ3) is 15.5. The molecule has 0 aromatic carbocycles. The molecule has 0 bridgehead atoms. The zero-order chi connectivity index (χ0) is 34.3. The lowest BCUT2D eigenvalue weighted by Gasteiger charge is -2.23. The quantitative estimate of drug-likeness (QED) is 0.0566. The molecule has 3 rings (SSSR count). The van der Waals surface area contributed by atoms with Gasteiger partial charge in [-0.2, -0.15) is 4.98 Å². The first-order valence-corrected chi connectivity index (χ1v) is 17.7. The van der Waals surface area contributed by atoms with Crippen LogP contribution in [0.2, 0.25) is 5.28 Å². The molecule has 1 unspecified atom stereocenters. The Morgan fingerprint density at radius 3 is 2.06 bits per heavy atom. The van der Waals surface area contributed by atoms with E-state index in [4.69, 9.17) is 43.1 Å². The van der Waals surface area contributed by atoms with Crippen molar-refractivity contribution >= 4 is 40.8 Å². The zero-order valence-electron chi connectivity index (χ0n) is 28.4. The third-order valence-corrected chi connectivity index (χ3v) is 8.34. The fraction of sp³-hybridized carbons (Fsp3) is 0.714. The molecule has 1 aliphatic heterocycles. The maximum atomic E-state index is 12.0. The Bertz CT molecular complexity index is 1230. The summed E-state index contributed by atoms with van der Waals surface area (Å²) in [5, 5.41) is 8.93. The van der Waals surface area contributed by atoms with Gasteiger partial charge in [0.1, 0.15) is 24.3 Å². The molecule has 3 heterocycles. The number of rotatable bonds is 21. The van der Waals surface area contributed by atoms with Gasteiger partial charge in [0.15, 0.2) is 5.60 Å². The molecule has 0 amide bonds. The van der Waals surface area contributed by atoms with Crippen LogP contribution in [0.25, 0.3) is 11.0 Å². The number of nitrogen functional groups attached to an aromatic ring is 1. The first-order valence-electron chi connectivity index (χ1n) is 17.4. The number of nitrogens with two attached hydrogens (primary N) is 1. The third-order valence-electron chi connectivity index (χ3n) is 8.17. The van der Waals surface area contributed by atoms with Crippen LogP contribution < -0.4 is 5.73 Å². The van der Waals surface area contributed by atoms with E-state index < -0.39 is 17.9 Å². The first kappa shape index (κ1) is 39.9. The molecular formula is C35H55ClN4O7. The Balaban J connectivity index is 0.000000463. The van der Waals surface area contributed by atoms with Gasteiger partial charge in [-0.15, -0.1) is 6.42 Å². The summed E-state index contributed by atoms with van der Waals surface area (Å²) in [5.41, 5.74) is 5.47. The summed E-state index contributed by atoms with van der Waals surface area (Å²) in [5.74, 6) is 2.95. The predicted octanol–water partition coefficient (Wildman–Crippen LogP) is 9.46. The molecule has 0 aliphatic carbocycles. The van der Waals surface area contributed by atoms with E-state index in [-0.39, 0.29) is 18.1 Å². The van der Waals surface area contributed by atoms with Crippen LogP contribution >= 0.6 is 11.6 Å². The summed E-state index contributed by atoms with van der Waals surface area (Å²) in [4.78, 5) is 30.2. The van der Waals surface area contributed by atoms with Gasteiger partial charge in [0, 0.05) is 6.20 Å². The summed E-state index contributed by atoms with van der Waals surface area (Å²) < 4.78 is 22.8. The van der Waals surface area contributed by atoms with Crippen LogP contribution in [0.3, 0.4) is 0 Å². The van der Waals surface area contributed by atoms with Crippen molar-refractivity contribution in [3.05, 3.63) is 17.5 Å². The number of anilines is 1.